The third kappa shape index (κ3) is 7.72. The first kappa shape index (κ1) is 34.9. The maximum atomic E-state index is 14.0. The summed E-state index contributed by atoms with van der Waals surface area (Å²) in [6.45, 7) is 0.405. The molecule has 244 valence electrons. The third-order valence-electron chi connectivity index (χ3n) is 8.12. The number of alkyl halides is 2. The number of aliphatic hydroxyl groups excluding tert-OH is 4. The van der Waals surface area contributed by atoms with E-state index in [0.717, 1.165) is 0 Å². The number of hydrogen-bond acceptors (Lipinski definition) is 14. The first-order valence-corrected chi connectivity index (χ1v) is 14.0. The summed E-state index contributed by atoms with van der Waals surface area (Å²) in [6, 6.07) is -3.63. The molecule has 0 radical (unpaired) electrons. The molecule has 1 saturated heterocycles. The second kappa shape index (κ2) is 14.4. The normalized spacial score (nSPS) is 40.1. The van der Waals surface area contributed by atoms with Crippen LogP contribution in [0, 0.1) is 5.92 Å². The highest BCUT2D eigenvalue weighted by Crippen LogP contribution is 2.36. The number of hydrogen-bond donors (Lipinski definition) is 11. The number of carbonyl (C=O) groups is 1. The monoisotopic (exact) mass is 612 g/mol. The molecule has 15 nitrogen and oxygen atoms in total. The highest BCUT2D eigenvalue weighted by atomic mass is 19.3. The van der Waals surface area contributed by atoms with Gasteiger partial charge in [0.2, 0.25) is 0 Å². The molecule has 0 aromatic heterocycles. The Balaban J connectivity index is 1.88. The number of ether oxygens (including phenoxy) is 3. The molecule has 42 heavy (non-hydrogen) atoms. The predicted octanol–water partition coefficient (Wildman–Crippen LogP) is -4.84. The number of rotatable bonds is 12. The zero-order valence-corrected chi connectivity index (χ0v) is 23.7. The van der Waals surface area contributed by atoms with Crippen molar-refractivity contribution in [2.24, 2.45) is 23.1 Å². The summed E-state index contributed by atoms with van der Waals surface area (Å²) < 4.78 is 45.7. The van der Waals surface area contributed by atoms with Gasteiger partial charge in [0.15, 0.2) is 12.4 Å². The molecule has 0 spiro atoms. The molecule has 0 bridgehead atoms. The minimum Gasteiger partial charge on any atom is -0.492 e. The fourth-order valence-corrected chi connectivity index (χ4v) is 5.82. The standard InChI is InChI=1S/C25H46F2N6O9/c1-24(39)10-40-23(17(36)20(24)31-2)42-19-14(33-22(38)21(37)25(26,27)9-28)7-13(30)15(16(19)35)18-12(29)4-3-11(41-18)8-32-5-6-34/h3,12-21,23,31-32,34-37,39H,4-10,28-30H2,1-2H3,(H,33,38)/t12-,13+,14-,15?,16+,17-,18?,19+,20-,21?,23-,24+/m1/s1. The molecular formula is C25H46F2N6O9. The van der Waals surface area contributed by atoms with Gasteiger partial charge in [0.05, 0.1) is 44.5 Å². The first-order chi connectivity index (χ1) is 19.7. The lowest BCUT2D eigenvalue weighted by molar-refractivity contribution is -0.297. The zero-order chi connectivity index (χ0) is 31.4. The lowest BCUT2D eigenvalue weighted by Crippen LogP contribution is -2.70. The molecule has 0 aromatic rings. The summed E-state index contributed by atoms with van der Waals surface area (Å²) >= 11 is 0. The molecule has 17 heteroatoms. The number of likely N-dealkylation sites (N-methyl/N-ethyl adjacent to an activating group) is 1. The Kier molecular flexibility index (Phi) is 12.0. The van der Waals surface area contributed by atoms with Crippen LogP contribution < -0.4 is 33.2 Å². The lowest BCUT2D eigenvalue weighted by atomic mass is 9.72. The first-order valence-electron chi connectivity index (χ1n) is 14.0. The van der Waals surface area contributed by atoms with Gasteiger partial charge in [-0.1, -0.05) is 0 Å². The molecule has 0 aromatic carbocycles. The molecule has 2 heterocycles. The van der Waals surface area contributed by atoms with Gasteiger partial charge in [-0.05, 0) is 32.9 Å². The van der Waals surface area contributed by atoms with Crippen molar-refractivity contribution in [1.82, 2.24) is 16.0 Å². The SMILES string of the molecule is CN[C@@H]1[C@@H](O)[C@@H](O[C@H]2[C@H](NC(=O)C(O)C(F)(F)CN)C[C@H](N)C(C3OC(CNCCO)=CC[C@H]3N)[C@@H]2O)OC[C@]1(C)O. The van der Waals surface area contributed by atoms with Crippen LogP contribution >= 0.6 is 0 Å². The molecule has 2 fully saturated rings. The molecule has 14 N–H and O–H groups in total. The second-order valence-electron chi connectivity index (χ2n) is 11.4. The average molecular weight is 613 g/mol. The maximum absolute atomic E-state index is 14.0. The van der Waals surface area contributed by atoms with Crippen molar-refractivity contribution in [1.29, 1.82) is 0 Å². The number of nitrogens with one attached hydrogen (secondary N) is 3. The highest BCUT2D eigenvalue weighted by Gasteiger charge is 2.54. The molecule has 1 saturated carbocycles. The van der Waals surface area contributed by atoms with Crippen LogP contribution in [0.1, 0.15) is 19.8 Å². The molecule has 3 aliphatic rings. The van der Waals surface area contributed by atoms with E-state index < -0.39 is 90.9 Å². The Labute approximate surface area is 242 Å². The van der Waals surface area contributed by atoms with Crippen LogP contribution in [-0.2, 0) is 19.0 Å². The number of amides is 1. The van der Waals surface area contributed by atoms with Crippen molar-refractivity contribution in [3.8, 4) is 0 Å². The van der Waals surface area contributed by atoms with E-state index in [4.69, 9.17) is 36.5 Å². The van der Waals surface area contributed by atoms with E-state index in [9.17, 15) is 34.0 Å². The minimum atomic E-state index is -3.93. The van der Waals surface area contributed by atoms with E-state index in [1.807, 2.05) is 0 Å². The van der Waals surface area contributed by atoms with Crippen molar-refractivity contribution in [2.45, 2.75) is 92.3 Å². The Morgan fingerprint density at radius 1 is 1.29 bits per heavy atom. The van der Waals surface area contributed by atoms with Gasteiger partial charge in [-0.15, -0.1) is 0 Å². The lowest BCUT2D eigenvalue weighted by Gasteiger charge is -2.50. The summed E-state index contributed by atoms with van der Waals surface area (Å²) in [5.74, 6) is -5.77. The smallest absolute Gasteiger partial charge is 0.294 e. The van der Waals surface area contributed by atoms with Gasteiger partial charge in [0, 0.05) is 24.5 Å². The topological polar surface area (TPSA) is 260 Å². The second-order valence-corrected chi connectivity index (χ2v) is 11.4. The molecule has 3 unspecified atom stereocenters. The van der Waals surface area contributed by atoms with Crippen LogP contribution in [0.4, 0.5) is 8.78 Å². The van der Waals surface area contributed by atoms with E-state index in [1.54, 1.807) is 6.08 Å². The van der Waals surface area contributed by atoms with Crippen LogP contribution in [-0.4, -0.2) is 144 Å². The summed E-state index contributed by atoms with van der Waals surface area (Å²) in [7, 11) is 1.51. The zero-order valence-electron chi connectivity index (χ0n) is 23.7. The van der Waals surface area contributed by atoms with Gasteiger partial charge in [0.25, 0.3) is 11.8 Å². The quantitative estimate of drug-likeness (QED) is 0.0924. The van der Waals surface area contributed by atoms with Gasteiger partial charge in [0.1, 0.15) is 29.7 Å². The van der Waals surface area contributed by atoms with Crippen molar-refractivity contribution < 1.29 is 53.3 Å². The Morgan fingerprint density at radius 3 is 2.60 bits per heavy atom. The van der Waals surface area contributed by atoms with Gasteiger partial charge >= 0.3 is 0 Å². The van der Waals surface area contributed by atoms with Gasteiger partial charge in [-0.2, -0.15) is 0 Å². The average Bonchev–Trinajstić information content (AvgIpc) is 2.93. The molecule has 3 rings (SSSR count). The molecular weight excluding hydrogens is 566 g/mol. The maximum Gasteiger partial charge on any atom is 0.294 e. The predicted molar refractivity (Wildman–Crippen MR) is 144 cm³/mol. The Bertz CT molecular complexity index is 935. The van der Waals surface area contributed by atoms with Crippen molar-refractivity contribution >= 4 is 5.91 Å². The fraction of sp³-hybridized carbons (Fsp3) is 0.880. The van der Waals surface area contributed by atoms with E-state index in [1.165, 1.54) is 14.0 Å². The number of carbonyl (C=O) groups excluding carboxylic acids is 1. The van der Waals surface area contributed by atoms with Gasteiger partial charge in [-0.25, -0.2) is 8.78 Å². The molecule has 12 atom stereocenters. The summed E-state index contributed by atoms with van der Waals surface area (Å²) in [4.78, 5) is 12.6. The molecule has 1 amide bonds. The van der Waals surface area contributed by atoms with E-state index in [-0.39, 0.29) is 26.2 Å². The highest BCUT2D eigenvalue weighted by molar-refractivity contribution is 5.82. The van der Waals surface area contributed by atoms with Gasteiger partial charge < -0.3 is 72.9 Å². The fourth-order valence-electron chi connectivity index (χ4n) is 5.82. The summed E-state index contributed by atoms with van der Waals surface area (Å²) in [6.07, 6.45) is -7.40. The van der Waals surface area contributed by atoms with Crippen LogP contribution in [0.5, 0.6) is 0 Å². The molecule has 2 aliphatic heterocycles. The van der Waals surface area contributed by atoms with Crippen LogP contribution in [0.25, 0.3) is 0 Å². The van der Waals surface area contributed by atoms with Crippen LogP contribution in [0.2, 0.25) is 0 Å². The Morgan fingerprint density at radius 2 is 1.98 bits per heavy atom. The summed E-state index contributed by atoms with van der Waals surface area (Å²) in [5, 5.41) is 60.2. The van der Waals surface area contributed by atoms with Crippen molar-refractivity contribution in [2.75, 3.05) is 39.9 Å². The minimum absolute atomic E-state index is 0.0839. The number of nitrogens with two attached hydrogens (primary N) is 3. The van der Waals surface area contributed by atoms with E-state index in [2.05, 4.69) is 16.0 Å². The van der Waals surface area contributed by atoms with Crippen LogP contribution in [0.3, 0.4) is 0 Å². The number of aliphatic hydroxyl groups is 5. The molecule has 1 aliphatic carbocycles. The Hall–Kier alpha value is -1.61. The largest absolute Gasteiger partial charge is 0.492 e. The third-order valence-corrected chi connectivity index (χ3v) is 8.12. The van der Waals surface area contributed by atoms with E-state index >= 15 is 0 Å². The van der Waals surface area contributed by atoms with Crippen molar-refractivity contribution in [3.63, 3.8) is 0 Å². The summed E-state index contributed by atoms with van der Waals surface area (Å²) in [5.41, 5.74) is 16.3. The van der Waals surface area contributed by atoms with Crippen LogP contribution in [0.15, 0.2) is 11.8 Å². The van der Waals surface area contributed by atoms with E-state index in [0.29, 0.717) is 18.7 Å². The van der Waals surface area contributed by atoms with Crippen molar-refractivity contribution in [3.05, 3.63) is 11.8 Å². The number of halogens is 2. The van der Waals surface area contributed by atoms with Gasteiger partial charge in [-0.3, -0.25) is 4.79 Å².